The average molecular weight is 484 g/mol. The van der Waals surface area contributed by atoms with E-state index in [4.69, 9.17) is 13.9 Å². The number of nitrogens with one attached hydrogen (secondary N) is 1. The van der Waals surface area contributed by atoms with Gasteiger partial charge in [-0.1, -0.05) is 32.4 Å². The third kappa shape index (κ3) is 6.26. The van der Waals surface area contributed by atoms with Crippen molar-refractivity contribution >= 4 is 23.0 Å². The Kier molecular flexibility index (Phi) is 7.63. The maximum absolute atomic E-state index is 13.3. The first kappa shape index (κ1) is 25.9. The van der Waals surface area contributed by atoms with Crippen molar-refractivity contribution in [3.05, 3.63) is 64.3 Å². The van der Waals surface area contributed by atoms with Gasteiger partial charge >= 0.3 is 12.1 Å². The Morgan fingerprint density at radius 2 is 1.77 bits per heavy atom. The van der Waals surface area contributed by atoms with E-state index in [9.17, 15) is 18.8 Å². The van der Waals surface area contributed by atoms with Crippen LogP contribution in [0.15, 0.2) is 51.7 Å². The van der Waals surface area contributed by atoms with Gasteiger partial charge in [0, 0.05) is 6.07 Å². The van der Waals surface area contributed by atoms with E-state index in [2.05, 4.69) is 5.32 Å². The van der Waals surface area contributed by atoms with Crippen molar-refractivity contribution in [2.24, 2.45) is 5.92 Å². The Morgan fingerprint density at radius 3 is 2.37 bits per heavy atom. The zero-order valence-electron chi connectivity index (χ0n) is 20.7. The van der Waals surface area contributed by atoms with E-state index in [-0.39, 0.29) is 22.7 Å². The highest BCUT2D eigenvalue weighted by molar-refractivity contribution is 5.86. The number of hydrogen-bond donors (Lipinski definition) is 1. The number of aryl methyl sites for hydroxylation is 1. The lowest BCUT2D eigenvalue weighted by Crippen LogP contribution is -2.48. The minimum Gasteiger partial charge on any atom is -0.460 e. The SMILES string of the molecule is CC[C@@H](C)[C@H](NC(=O)OC(C)(C)C)C(=O)Oc1ccc2c(=O)c(-c3ccc(F)cc3)c(C)oc2c1. The molecule has 0 spiro atoms. The molecular formula is C27H30FNO6. The first-order chi connectivity index (χ1) is 16.4. The van der Waals surface area contributed by atoms with Crippen molar-refractivity contribution in [2.45, 2.75) is 59.6 Å². The predicted molar refractivity (Wildman–Crippen MR) is 131 cm³/mol. The predicted octanol–water partition coefficient (Wildman–Crippen LogP) is 5.75. The van der Waals surface area contributed by atoms with E-state index in [1.54, 1.807) is 27.7 Å². The van der Waals surface area contributed by atoms with Gasteiger partial charge in [0.15, 0.2) is 0 Å². The number of carbonyl (C=O) groups excluding carboxylic acids is 2. The van der Waals surface area contributed by atoms with Crippen LogP contribution in [0.25, 0.3) is 22.1 Å². The smallest absolute Gasteiger partial charge is 0.408 e. The fourth-order valence-electron chi connectivity index (χ4n) is 3.58. The Hall–Kier alpha value is -3.68. The molecule has 8 heteroatoms. The molecule has 1 aromatic heterocycles. The standard InChI is InChI=1S/C27H30FNO6/c1-7-15(2)23(29-26(32)35-27(4,5)6)25(31)34-19-12-13-20-21(14-19)33-16(3)22(24(20)30)17-8-10-18(28)11-9-17/h8-15,23H,7H2,1-6H3,(H,29,32)/t15-,23+/m1/s1. The number of halogens is 1. The van der Waals surface area contributed by atoms with Gasteiger partial charge in [0.2, 0.25) is 5.43 Å². The van der Waals surface area contributed by atoms with Crippen LogP contribution in [0, 0.1) is 18.7 Å². The summed E-state index contributed by atoms with van der Waals surface area (Å²) < 4.78 is 30.0. The van der Waals surface area contributed by atoms with Gasteiger partial charge in [0.05, 0.1) is 10.9 Å². The summed E-state index contributed by atoms with van der Waals surface area (Å²) >= 11 is 0. The molecule has 2 aromatic carbocycles. The van der Waals surface area contributed by atoms with Gasteiger partial charge in [0.25, 0.3) is 0 Å². The maximum Gasteiger partial charge on any atom is 0.408 e. The molecule has 0 aliphatic carbocycles. The number of fused-ring (bicyclic) bond motifs is 1. The summed E-state index contributed by atoms with van der Waals surface area (Å²) in [5, 5.41) is 2.89. The molecule has 1 amide bonds. The molecule has 0 radical (unpaired) electrons. The van der Waals surface area contributed by atoms with E-state index in [0.717, 1.165) is 0 Å². The number of ether oxygens (including phenoxy) is 2. The Balaban J connectivity index is 1.88. The van der Waals surface area contributed by atoms with Crippen molar-refractivity contribution in [2.75, 3.05) is 0 Å². The third-order valence-corrected chi connectivity index (χ3v) is 5.53. The molecule has 1 heterocycles. The summed E-state index contributed by atoms with van der Waals surface area (Å²) in [5.74, 6) is -0.763. The summed E-state index contributed by atoms with van der Waals surface area (Å²) in [5.41, 5.74) is 0.121. The van der Waals surface area contributed by atoms with Crippen LogP contribution in [0.1, 0.15) is 46.8 Å². The van der Waals surface area contributed by atoms with Crippen molar-refractivity contribution in [1.82, 2.24) is 5.32 Å². The minimum absolute atomic E-state index is 0.166. The van der Waals surface area contributed by atoms with Crippen LogP contribution in [0.4, 0.5) is 9.18 Å². The number of carbonyl (C=O) groups is 2. The lowest BCUT2D eigenvalue weighted by molar-refractivity contribution is -0.138. The van der Waals surface area contributed by atoms with Gasteiger partial charge in [-0.25, -0.2) is 14.0 Å². The maximum atomic E-state index is 13.3. The second-order valence-electron chi connectivity index (χ2n) is 9.46. The molecule has 0 aliphatic heterocycles. The summed E-state index contributed by atoms with van der Waals surface area (Å²) in [4.78, 5) is 38.3. The Morgan fingerprint density at radius 1 is 1.11 bits per heavy atom. The molecule has 35 heavy (non-hydrogen) atoms. The van der Waals surface area contributed by atoms with Crippen LogP contribution in [0.3, 0.4) is 0 Å². The molecule has 3 aromatic rings. The van der Waals surface area contributed by atoms with Gasteiger partial charge in [-0.2, -0.15) is 0 Å². The quantitative estimate of drug-likeness (QED) is 0.354. The Labute approximate surface area is 203 Å². The molecule has 3 rings (SSSR count). The van der Waals surface area contributed by atoms with Gasteiger partial charge in [-0.15, -0.1) is 0 Å². The summed E-state index contributed by atoms with van der Waals surface area (Å²) in [7, 11) is 0. The topological polar surface area (TPSA) is 94.8 Å². The van der Waals surface area contributed by atoms with Crippen molar-refractivity contribution in [3.63, 3.8) is 0 Å². The van der Waals surface area contributed by atoms with Crippen LogP contribution in [-0.4, -0.2) is 23.7 Å². The van der Waals surface area contributed by atoms with E-state index in [0.29, 0.717) is 28.7 Å². The van der Waals surface area contributed by atoms with E-state index in [1.807, 2.05) is 13.8 Å². The highest BCUT2D eigenvalue weighted by Gasteiger charge is 2.30. The lowest BCUT2D eigenvalue weighted by Gasteiger charge is -2.25. The molecule has 1 N–H and O–H groups in total. The van der Waals surface area contributed by atoms with Gasteiger partial charge in [0.1, 0.15) is 34.6 Å². The van der Waals surface area contributed by atoms with Crippen LogP contribution >= 0.6 is 0 Å². The van der Waals surface area contributed by atoms with Crippen LogP contribution in [-0.2, 0) is 9.53 Å². The second-order valence-corrected chi connectivity index (χ2v) is 9.46. The molecular weight excluding hydrogens is 453 g/mol. The van der Waals surface area contributed by atoms with E-state index in [1.165, 1.54) is 42.5 Å². The van der Waals surface area contributed by atoms with E-state index >= 15 is 0 Å². The number of amides is 1. The molecule has 2 atom stereocenters. The zero-order chi connectivity index (χ0) is 25.9. The average Bonchev–Trinajstić information content (AvgIpc) is 2.76. The third-order valence-electron chi connectivity index (χ3n) is 5.53. The highest BCUT2D eigenvalue weighted by atomic mass is 19.1. The number of esters is 1. The summed E-state index contributed by atoms with van der Waals surface area (Å²) in [6, 6.07) is 9.11. The summed E-state index contributed by atoms with van der Waals surface area (Å²) in [6.45, 7) is 10.6. The van der Waals surface area contributed by atoms with Crippen LogP contribution in [0.5, 0.6) is 5.75 Å². The minimum atomic E-state index is -0.930. The van der Waals surface area contributed by atoms with Gasteiger partial charge < -0.3 is 19.2 Å². The largest absolute Gasteiger partial charge is 0.460 e. The Bertz CT molecular complexity index is 1290. The van der Waals surface area contributed by atoms with Crippen molar-refractivity contribution < 1.29 is 27.9 Å². The molecule has 0 bridgehead atoms. The highest BCUT2D eigenvalue weighted by Crippen LogP contribution is 2.27. The number of rotatable bonds is 6. The zero-order valence-corrected chi connectivity index (χ0v) is 20.7. The van der Waals surface area contributed by atoms with Gasteiger partial charge in [-0.05, 0) is 63.4 Å². The van der Waals surface area contributed by atoms with Crippen LogP contribution in [0.2, 0.25) is 0 Å². The number of hydrogen-bond acceptors (Lipinski definition) is 6. The fourth-order valence-corrected chi connectivity index (χ4v) is 3.58. The van der Waals surface area contributed by atoms with Crippen molar-refractivity contribution in [3.8, 4) is 16.9 Å². The first-order valence-corrected chi connectivity index (χ1v) is 11.4. The number of benzene rings is 2. The normalized spacial score (nSPS) is 13.2. The molecule has 7 nitrogen and oxygen atoms in total. The molecule has 0 aliphatic rings. The molecule has 0 saturated heterocycles. The monoisotopic (exact) mass is 483 g/mol. The second kappa shape index (κ2) is 10.3. The lowest BCUT2D eigenvalue weighted by atomic mass is 9.99. The van der Waals surface area contributed by atoms with Crippen LogP contribution < -0.4 is 15.5 Å². The number of alkyl carbamates (subject to hydrolysis) is 1. The van der Waals surface area contributed by atoms with Gasteiger partial charge in [-0.3, -0.25) is 4.79 Å². The molecule has 0 saturated carbocycles. The fraction of sp³-hybridized carbons (Fsp3) is 0.370. The molecule has 186 valence electrons. The molecule has 0 unspecified atom stereocenters. The first-order valence-electron chi connectivity index (χ1n) is 11.4. The molecule has 0 fully saturated rings. The van der Waals surface area contributed by atoms with E-state index < -0.39 is 29.5 Å². The van der Waals surface area contributed by atoms with Crippen molar-refractivity contribution in [1.29, 1.82) is 0 Å². The summed E-state index contributed by atoms with van der Waals surface area (Å²) in [6.07, 6.45) is -0.0961.